The molecule has 0 aliphatic heterocycles. The van der Waals surface area contributed by atoms with Crippen LogP contribution in [0.15, 0.2) is 36.7 Å². The van der Waals surface area contributed by atoms with Gasteiger partial charge in [0.25, 0.3) is 0 Å². The van der Waals surface area contributed by atoms with Crippen molar-refractivity contribution in [3.8, 4) is 0 Å². The molecule has 0 atom stereocenters. The number of hydrogen-bond donors (Lipinski definition) is 2. The summed E-state index contributed by atoms with van der Waals surface area (Å²) in [6.07, 6.45) is 3.26. The zero-order chi connectivity index (χ0) is 13.8. The molecule has 0 spiro atoms. The highest BCUT2D eigenvalue weighted by Gasteiger charge is 2.05. The van der Waals surface area contributed by atoms with Crippen LogP contribution in [0.25, 0.3) is 0 Å². The molecule has 0 fully saturated rings. The summed E-state index contributed by atoms with van der Waals surface area (Å²) >= 11 is 10.7. The maximum Gasteiger partial charge on any atom is 0.141 e. The molecular weight excluding hydrogens is 285 g/mol. The zero-order valence-electron chi connectivity index (χ0n) is 9.86. The molecule has 0 aliphatic rings. The number of hydrogen-bond acceptors (Lipinski definition) is 3. The number of thiocarbonyl (C=S) groups is 1. The van der Waals surface area contributed by atoms with Crippen LogP contribution in [0.1, 0.15) is 11.1 Å². The Bertz CT molecular complexity index is 619. The molecule has 6 heteroatoms. The molecule has 3 N–H and O–H groups in total. The van der Waals surface area contributed by atoms with Crippen molar-refractivity contribution in [2.75, 3.05) is 5.32 Å². The Kier molecular flexibility index (Phi) is 4.29. The third-order valence-electron chi connectivity index (χ3n) is 2.55. The average Bonchev–Trinajstić information content (AvgIpc) is 2.40. The zero-order valence-corrected chi connectivity index (χ0v) is 11.4. The molecular formula is C13H11ClFN3S. The minimum atomic E-state index is -0.435. The van der Waals surface area contributed by atoms with E-state index in [1.807, 2.05) is 0 Å². The van der Waals surface area contributed by atoms with Crippen LogP contribution in [-0.2, 0) is 6.54 Å². The van der Waals surface area contributed by atoms with Gasteiger partial charge >= 0.3 is 0 Å². The van der Waals surface area contributed by atoms with Gasteiger partial charge in [0.15, 0.2) is 0 Å². The van der Waals surface area contributed by atoms with E-state index < -0.39 is 5.82 Å². The predicted octanol–water partition coefficient (Wildman–Crippen LogP) is 3.12. The van der Waals surface area contributed by atoms with E-state index in [0.29, 0.717) is 11.5 Å². The van der Waals surface area contributed by atoms with Gasteiger partial charge in [-0.15, -0.1) is 0 Å². The van der Waals surface area contributed by atoms with Crippen LogP contribution >= 0.6 is 23.8 Å². The first-order chi connectivity index (χ1) is 9.08. The lowest BCUT2D eigenvalue weighted by Gasteiger charge is -2.10. The van der Waals surface area contributed by atoms with Gasteiger partial charge in [-0.05, 0) is 23.8 Å². The Balaban J connectivity index is 2.14. The monoisotopic (exact) mass is 295 g/mol. The molecule has 0 amide bonds. The van der Waals surface area contributed by atoms with Crippen molar-refractivity contribution < 1.29 is 4.39 Å². The highest BCUT2D eigenvalue weighted by molar-refractivity contribution is 7.80. The van der Waals surface area contributed by atoms with Crippen LogP contribution < -0.4 is 11.1 Å². The van der Waals surface area contributed by atoms with E-state index in [9.17, 15) is 4.39 Å². The number of aromatic nitrogens is 1. The number of nitrogens with two attached hydrogens (primary N) is 1. The van der Waals surface area contributed by atoms with Gasteiger partial charge in [-0.1, -0.05) is 29.9 Å². The van der Waals surface area contributed by atoms with E-state index in [1.54, 1.807) is 30.6 Å². The van der Waals surface area contributed by atoms with Gasteiger partial charge < -0.3 is 11.1 Å². The predicted molar refractivity (Wildman–Crippen MR) is 78.9 cm³/mol. The first kappa shape index (κ1) is 13.7. The third kappa shape index (κ3) is 3.39. The van der Waals surface area contributed by atoms with Gasteiger partial charge in [0.05, 0.1) is 16.9 Å². The molecule has 0 saturated carbocycles. The molecule has 0 aliphatic carbocycles. The minimum Gasteiger partial charge on any atom is -0.389 e. The van der Waals surface area contributed by atoms with Crippen molar-refractivity contribution in [1.82, 2.24) is 4.98 Å². The molecule has 19 heavy (non-hydrogen) atoms. The highest BCUT2D eigenvalue weighted by atomic mass is 35.5. The van der Waals surface area contributed by atoms with Gasteiger partial charge in [0.2, 0.25) is 0 Å². The molecule has 1 aromatic carbocycles. The van der Waals surface area contributed by atoms with Crippen LogP contribution in [0.4, 0.5) is 10.1 Å². The molecule has 0 bridgehead atoms. The molecule has 2 aromatic rings. The fourth-order valence-corrected chi connectivity index (χ4v) is 1.98. The Morgan fingerprint density at radius 2 is 2.21 bits per heavy atom. The first-order valence-electron chi connectivity index (χ1n) is 5.49. The summed E-state index contributed by atoms with van der Waals surface area (Å²) in [6.45, 7) is 0.474. The maximum atomic E-state index is 13.0. The summed E-state index contributed by atoms with van der Waals surface area (Å²) in [5, 5.41) is 3.24. The van der Waals surface area contributed by atoms with E-state index in [2.05, 4.69) is 10.3 Å². The summed E-state index contributed by atoms with van der Waals surface area (Å²) in [7, 11) is 0. The summed E-state index contributed by atoms with van der Waals surface area (Å²) in [4.78, 5) is 4.30. The van der Waals surface area contributed by atoms with Crippen molar-refractivity contribution in [2.45, 2.75) is 6.54 Å². The second-order valence-electron chi connectivity index (χ2n) is 3.89. The quantitative estimate of drug-likeness (QED) is 0.851. The van der Waals surface area contributed by atoms with Gasteiger partial charge in [-0.25, -0.2) is 4.39 Å². The van der Waals surface area contributed by atoms with Crippen LogP contribution in [0.2, 0.25) is 5.02 Å². The van der Waals surface area contributed by atoms with E-state index in [0.717, 1.165) is 16.8 Å². The normalized spacial score (nSPS) is 10.2. The van der Waals surface area contributed by atoms with Gasteiger partial charge in [0, 0.05) is 18.3 Å². The second-order valence-corrected chi connectivity index (χ2v) is 4.73. The van der Waals surface area contributed by atoms with E-state index in [1.165, 1.54) is 6.07 Å². The molecule has 0 radical (unpaired) electrons. The van der Waals surface area contributed by atoms with Crippen molar-refractivity contribution >= 4 is 34.5 Å². The fourth-order valence-electron chi connectivity index (χ4n) is 1.60. The highest BCUT2D eigenvalue weighted by Crippen LogP contribution is 2.18. The standard InChI is InChI=1S/C13H11ClFN3S/c14-10-5-8(1-2-11(10)15)6-18-12-7-17-4-3-9(12)13(16)19/h1-5,7,18H,6H2,(H2,16,19). The smallest absolute Gasteiger partial charge is 0.141 e. The Morgan fingerprint density at radius 3 is 2.89 bits per heavy atom. The Morgan fingerprint density at radius 1 is 1.42 bits per heavy atom. The molecule has 3 nitrogen and oxygen atoms in total. The number of nitrogens with one attached hydrogen (secondary N) is 1. The lowest BCUT2D eigenvalue weighted by atomic mass is 10.2. The number of halogens is 2. The first-order valence-corrected chi connectivity index (χ1v) is 6.28. The lowest BCUT2D eigenvalue weighted by molar-refractivity contribution is 0.627. The van der Waals surface area contributed by atoms with Crippen LogP contribution in [0, 0.1) is 5.82 Å². The van der Waals surface area contributed by atoms with Crippen molar-refractivity contribution in [2.24, 2.45) is 5.73 Å². The van der Waals surface area contributed by atoms with Gasteiger partial charge in [-0.3, -0.25) is 4.98 Å². The van der Waals surface area contributed by atoms with Crippen molar-refractivity contribution in [3.05, 3.63) is 58.6 Å². The van der Waals surface area contributed by atoms with Crippen molar-refractivity contribution in [3.63, 3.8) is 0 Å². The Labute approximate surface area is 120 Å². The van der Waals surface area contributed by atoms with E-state index in [-0.39, 0.29) is 5.02 Å². The Hall–Kier alpha value is -1.72. The van der Waals surface area contributed by atoms with Crippen LogP contribution in [0.5, 0.6) is 0 Å². The lowest BCUT2D eigenvalue weighted by Crippen LogP contribution is -2.13. The summed E-state index contributed by atoms with van der Waals surface area (Å²) in [5.74, 6) is -0.435. The number of pyridine rings is 1. The van der Waals surface area contributed by atoms with Gasteiger partial charge in [-0.2, -0.15) is 0 Å². The third-order valence-corrected chi connectivity index (χ3v) is 3.06. The summed E-state index contributed by atoms with van der Waals surface area (Å²) in [6, 6.07) is 6.30. The summed E-state index contributed by atoms with van der Waals surface area (Å²) in [5.41, 5.74) is 7.92. The minimum absolute atomic E-state index is 0.0973. The largest absolute Gasteiger partial charge is 0.389 e. The number of nitrogens with zero attached hydrogens (tertiary/aromatic N) is 1. The van der Waals surface area contributed by atoms with E-state index in [4.69, 9.17) is 29.6 Å². The molecule has 2 rings (SSSR count). The molecule has 0 unspecified atom stereocenters. The van der Waals surface area contributed by atoms with Gasteiger partial charge in [0.1, 0.15) is 10.8 Å². The van der Waals surface area contributed by atoms with E-state index >= 15 is 0 Å². The number of rotatable bonds is 4. The molecule has 1 heterocycles. The molecule has 1 aromatic heterocycles. The maximum absolute atomic E-state index is 13.0. The van der Waals surface area contributed by atoms with Crippen LogP contribution in [-0.4, -0.2) is 9.97 Å². The average molecular weight is 296 g/mol. The molecule has 0 saturated heterocycles. The fraction of sp³-hybridized carbons (Fsp3) is 0.0769. The number of benzene rings is 1. The van der Waals surface area contributed by atoms with Crippen LogP contribution in [0.3, 0.4) is 0 Å². The topological polar surface area (TPSA) is 50.9 Å². The number of anilines is 1. The molecule has 98 valence electrons. The summed E-state index contributed by atoms with van der Waals surface area (Å²) < 4.78 is 13.0. The SMILES string of the molecule is NC(=S)c1ccncc1NCc1ccc(F)c(Cl)c1. The second kappa shape index (κ2) is 5.95. The van der Waals surface area contributed by atoms with Crippen molar-refractivity contribution in [1.29, 1.82) is 0 Å².